The second kappa shape index (κ2) is 6.15. The predicted molar refractivity (Wildman–Crippen MR) is 71.8 cm³/mol. The Hall–Kier alpha value is -0.890. The first-order valence-electron chi connectivity index (χ1n) is 6.41. The summed E-state index contributed by atoms with van der Waals surface area (Å²) in [4.78, 5) is 0. The fourth-order valence-corrected chi connectivity index (χ4v) is 2.04. The van der Waals surface area contributed by atoms with Crippen molar-refractivity contribution >= 4 is 0 Å². The Kier molecular flexibility index (Phi) is 5.13. The molecular weight excluding hydrogens is 213 g/mol. The van der Waals surface area contributed by atoms with Gasteiger partial charge in [-0.25, -0.2) is 4.39 Å². The van der Waals surface area contributed by atoms with Gasteiger partial charge in [0, 0.05) is 5.92 Å². The van der Waals surface area contributed by atoms with Crippen LogP contribution in [0.4, 0.5) is 4.39 Å². The van der Waals surface area contributed by atoms with E-state index in [2.05, 4.69) is 13.8 Å². The lowest BCUT2D eigenvalue weighted by atomic mass is 9.87. The quantitative estimate of drug-likeness (QED) is 0.821. The first-order chi connectivity index (χ1) is 7.97. The lowest BCUT2D eigenvalue weighted by Gasteiger charge is -2.23. The highest BCUT2D eigenvalue weighted by Crippen LogP contribution is 2.31. The van der Waals surface area contributed by atoms with E-state index in [0.717, 1.165) is 5.56 Å². The van der Waals surface area contributed by atoms with Crippen LogP contribution in [-0.2, 0) is 0 Å². The standard InChI is InChI=1S/C15H24FN/c1-10(2)12-5-7-13(8-6-12)15(16)14(9-17)11(3)4/h5-8,10-11,14-15H,9,17H2,1-4H3. The van der Waals surface area contributed by atoms with E-state index in [1.807, 2.05) is 38.1 Å². The van der Waals surface area contributed by atoms with E-state index in [0.29, 0.717) is 12.5 Å². The average molecular weight is 237 g/mol. The molecule has 0 spiro atoms. The SMILES string of the molecule is CC(C)c1ccc(C(F)C(CN)C(C)C)cc1. The van der Waals surface area contributed by atoms with Gasteiger partial charge in [-0.3, -0.25) is 0 Å². The Morgan fingerprint density at radius 1 is 1.00 bits per heavy atom. The van der Waals surface area contributed by atoms with Crippen molar-refractivity contribution in [3.05, 3.63) is 35.4 Å². The van der Waals surface area contributed by atoms with Crippen molar-refractivity contribution in [2.45, 2.75) is 39.8 Å². The van der Waals surface area contributed by atoms with Crippen LogP contribution in [0.15, 0.2) is 24.3 Å². The molecule has 2 atom stereocenters. The van der Waals surface area contributed by atoms with Gasteiger partial charge in [-0.15, -0.1) is 0 Å². The number of rotatable bonds is 5. The Bertz CT molecular complexity index is 329. The zero-order valence-corrected chi connectivity index (χ0v) is 11.3. The largest absolute Gasteiger partial charge is 0.330 e. The normalized spacial score (nSPS) is 15.3. The minimum atomic E-state index is -0.957. The third kappa shape index (κ3) is 3.53. The average Bonchev–Trinajstić information content (AvgIpc) is 2.29. The zero-order valence-electron chi connectivity index (χ0n) is 11.3. The van der Waals surface area contributed by atoms with Crippen molar-refractivity contribution in [2.75, 3.05) is 6.54 Å². The lowest BCUT2D eigenvalue weighted by Crippen LogP contribution is -2.24. The van der Waals surface area contributed by atoms with Gasteiger partial charge in [0.25, 0.3) is 0 Å². The number of hydrogen-bond acceptors (Lipinski definition) is 1. The molecule has 0 aliphatic heterocycles. The Morgan fingerprint density at radius 2 is 1.47 bits per heavy atom. The molecular formula is C15H24FN. The van der Waals surface area contributed by atoms with Gasteiger partial charge >= 0.3 is 0 Å². The van der Waals surface area contributed by atoms with Crippen LogP contribution in [-0.4, -0.2) is 6.54 Å². The van der Waals surface area contributed by atoms with E-state index < -0.39 is 6.17 Å². The molecule has 17 heavy (non-hydrogen) atoms. The second-order valence-corrected chi connectivity index (χ2v) is 5.37. The van der Waals surface area contributed by atoms with Crippen molar-refractivity contribution in [3.8, 4) is 0 Å². The first-order valence-corrected chi connectivity index (χ1v) is 6.41. The Morgan fingerprint density at radius 3 is 1.82 bits per heavy atom. The molecule has 0 aromatic heterocycles. The van der Waals surface area contributed by atoms with Gasteiger partial charge in [-0.05, 0) is 29.5 Å². The smallest absolute Gasteiger partial charge is 0.129 e. The third-order valence-electron chi connectivity index (χ3n) is 3.43. The van der Waals surface area contributed by atoms with Crippen LogP contribution in [0.3, 0.4) is 0 Å². The van der Waals surface area contributed by atoms with Crippen LogP contribution in [0, 0.1) is 11.8 Å². The molecule has 2 heteroatoms. The minimum Gasteiger partial charge on any atom is -0.330 e. The molecule has 0 bridgehead atoms. The Labute approximate surface area is 104 Å². The molecule has 1 rings (SSSR count). The summed E-state index contributed by atoms with van der Waals surface area (Å²) in [6.45, 7) is 8.71. The topological polar surface area (TPSA) is 26.0 Å². The summed E-state index contributed by atoms with van der Waals surface area (Å²) in [5.74, 6) is 0.650. The highest BCUT2D eigenvalue weighted by Gasteiger charge is 2.24. The van der Waals surface area contributed by atoms with E-state index in [1.165, 1.54) is 5.56 Å². The number of benzene rings is 1. The lowest BCUT2D eigenvalue weighted by molar-refractivity contribution is 0.188. The van der Waals surface area contributed by atoms with Crippen LogP contribution in [0.2, 0.25) is 0 Å². The van der Waals surface area contributed by atoms with Gasteiger partial charge in [-0.1, -0.05) is 52.0 Å². The van der Waals surface area contributed by atoms with Gasteiger partial charge in [0.15, 0.2) is 0 Å². The molecule has 1 aromatic rings. The van der Waals surface area contributed by atoms with E-state index in [9.17, 15) is 4.39 Å². The summed E-state index contributed by atoms with van der Waals surface area (Å²) >= 11 is 0. The highest BCUT2D eigenvalue weighted by atomic mass is 19.1. The maximum Gasteiger partial charge on any atom is 0.129 e. The summed E-state index contributed by atoms with van der Waals surface area (Å²) in [7, 11) is 0. The summed E-state index contributed by atoms with van der Waals surface area (Å²) in [5, 5.41) is 0. The molecule has 0 heterocycles. The first kappa shape index (κ1) is 14.2. The molecule has 0 fully saturated rings. The van der Waals surface area contributed by atoms with E-state index in [1.54, 1.807) is 0 Å². The van der Waals surface area contributed by atoms with Crippen molar-refractivity contribution in [1.82, 2.24) is 0 Å². The fraction of sp³-hybridized carbons (Fsp3) is 0.600. The van der Waals surface area contributed by atoms with Gasteiger partial charge in [0.05, 0.1) is 0 Å². The molecule has 0 radical (unpaired) electrons. The highest BCUT2D eigenvalue weighted by molar-refractivity contribution is 5.26. The molecule has 96 valence electrons. The van der Waals surface area contributed by atoms with Crippen LogP contribution in [0.25, 0.3) is 0 Å². The number of halogens is 1. The van der Waals surface area contributed by atoms with Crippen LogP contribution in [0.1, 0.15) is 50.9 Å². The minimum absolute atomic E-state index is 0.0973. The fourth-order valence-electron chi connectivity index (χ4n) is 2.04. The predicted octanol–water partition coefficient (Wildman–Crippen LogP) is 4.05. The molecule has 0 saturated carbocycles. The number of hydrogen-bond donors (Lipinski definition) is 1. The van der Waals surface area contributed by atoms with Gasteiger partial charge in [0.2, 0.25) is 0 Å². The van der Waals surface area contributed by atoms with Gasteiger partial charge in [-0.2, -0.15) is 0 Å². The molecule has 2 unspecified atom stereocenters. The van der Waals surface area contributed by atoms with Crippen LogP contribution >= 0.6 is 0 Å². The Balaban J connectivity index is 2.85. The molecule has 0 saturated heterocycles. The van der Waals surface area contributed by atoms with Crippen LogP contribution < -0.4 is 5.73 Å². The maximum absolute atomic E-state index is 14.3. The second-order valence-electron chi connectivity index (χ2n) is 5.37. The molecule has 1 aromatic carbocycles. The third-order valence-corrected chi connectivity index (χ3v) is 3.43. The monoisotopic (exact) mass is 237 g/mol. The summed E-state index contributed by atoms with van der Waals surface area (Å²) in [6.07, 6.45) is -0.957. The van der Waals surface area contributed by atoms with Crippen LogP contribution in [0.5, 0.6) is 0 Å². The van der Waals surface area contributed by atoms with Gasteiger partial charge < -0.3 is 5.73 Å². The molecule has 0 aliphatic carbocycles. The van der Waals surface area contributed by atoms with Crippen molar-refractivity contribution < 1.29 is 4.39 Å². The zero-order chi connectivity index (χ0) is 13.0. The summed E-state index contributed by atoms with van der Waals surface area (Å²) in [5.41, 5.74) is 7.64. The van der Waals surface area contributed by atoms with E-state index in [4.69, 9.17) is 5.73 Å². The van der Waals surface area contributed by atoms with Crippen molar-refractivity contribution in [3.63, 3.8) is 0 Å². The summed E-state index contributed by atoms with van der Waals surface area (Å²) < 4.78 is 14.3. The maximum atomic E-state index is 14.3. The van der Waals surface area contributed by atoms with E-state index >= 15 is 0 Å². The molecule has 0 amide bonds. The molecule has 1 nitrogen and oxygen atoms in total. The van der Waals surface area contributed by atoms with Crippen molar-refractivity contribution in [1.29, 1.82) is 0 Å². The van der Waals surface area contributed by atoms with Gasteiger partial charge in [0.1, 0.15) is 6.17 Å². The number of nitrogens with two attached hydrogens (primary N) is 1. The molecule has 0 aliphatic rings. The molecule has 2 N–H and O–H groups in total. The number of alkyl halides is 1. The van der Waals surface area contributed by atoms with Crippen molar-refractivity contribution in [2.24, 2.45) is 17.6 Å². The summed E-state index contributed by atoms with van der Waals surface area (Å²) in [6, 6.07) is 7.82. The van der Waals surface area contributed by atoms with E-state index in [-0.39, 0.29) is 11.8 Å².